The van der Waals surface area contributed by atoms with Crippen molar-refractivity contribution in [3.63, 3.8) is 0 Å². The van der Waals surface area contributed by atoms with Gasteiger partial charge in [-0.3, -0.25) is 4.79 Å². The molecule has 0 aliphatic carbocycles. The Balaban J connectivity index is 1.56. The number of thioether (sulfide) groups is 1. The quantitative estimate of drug-likeness (QED) is 0.447. The van der Waals surface area contributed by atoms with Crippen molar-refractivity contribution in [3.8, 4) is 17.0 Å². The zero-order chi connectivity index (χ0) is 20.4. The predicted octanol–water partition coefficient (Wildman–Crippen LogP) is 4.88. The van der Waals surface area contributed by atoms with Crippen LogP contribution in [0.3, 0.4) is 0 Å². The first-order valence-corrected chi connectivity index (χ1v) is 10.6. The molecule has 2 heterocycles. The van der Waals surface area contributed by atoms with Gasteiger partial charge in [0, 0.05) is 29.6 Å². The SMILES string of the molecule is CCN(C(=O)[C@H](C)Sc1ncc2c(n1)-c1ccccc1OC2)c1cccc(C)c1. The topological polar surface area (TPSA) is 55.3 Å². The molecule has 3 aromatic rings. The van der Waals surface area contributed by atoms with Crippen LogP contribution in [0.15, 0.2) is 59.9 Å². The van der Waals surface area contributed by atoms with Crippen LogP contribution in [0.5, 0.6) is 5.75 Å². The molecule has 29 heavy (non-hydrogen) atoms. The standard InChI is InChI=1S/C23H23N3O2S/c1-4-26(18-9-7-8-15(2)12-18)22(27)16(3)29-23-24-13-17-14-28-20-11-6-5-10-19(20)21(17)25-23/h5-13,16H,4,14H2,1-3H3/t16-/m0/s1. The summed E-state index contributed by atoms with van der Waals surface area (Å²) < 4.78 is 5.77. The van der Waals surface area contributed by atoms with E-state index < -0.39 is 0 Å². The number of aryl methyl sites for hydroxylation is 1. The number of carbonyl (C=O) groups excluding carboxylic acids is 1. The van der Waals surface area contributed by atoms with Crippen LogP contribution in [-0.2, 0) is 11.4 Å². The highest BCUT2D eigenvalue weighted by molar-refractivity contribution is 8.00. The van der Waals surface area contributed by atoms with Crippen LogP contribution < -0.4 is 9.64 Å². The Morgan fingerprint density at radius 3 is 2.86 bits per heavy atom. The van der Waals surface area contributed by atoms with Gasteiger partial charge in [-0.1, -0.05) is 36.0 Å². The number of carbonyl (C=O) groups is 1. The molecule has 148 valence electrons. The summed E-state index contributed by atoms with van der Waals surface area (Å²) in [6, 6.07) is 15.9. The van der Waals surface area contributed by atoms with Gasteiger partial charge in [-0.15, -0.1) is 0 Å². The monoisotopic (exact) mass is 405 g/mol. The molecule has 1 amide bonds. The minimum Gasteiger partial charge on any atom is -0.488 e. The molecular formula is C23H23N3O2S. The summed E-state index contributed by atoms with van der Waals surface area (Å²) in [7, 11) is 0. The van der Waals surface area contributed by atoms with Gasteiger partial charge in [-0.2, -0.15) is 0 Å². The number of aromatic nitrogens is 2. The lowest BCUT2D eigenvalue weighted by Crippen LogP contribution is -2.36. The van der Waals surface area contributed by atoms with Crippen LogP contribution in [-0.4, -0.2) is 27.7 Å². The summed E-state index contributed by atoms with van der Waals surface area (Å²) in [6.07, 6.45) is 1.80. The smallest absolute Gasteiger partial charge is 0.240 e. The molecule has 0 saturated carbocycles. The number of para-hydroxylation sites is 1. The Labute approximate surface area is 175 Å². The maximum atomic E-state index is 13.1. The molecule has 0 spiro atoms. The van der Waals surface area contributed by atoms with Crippen molar-refractivity contribution in [2.75, 3.05) is 11.4 Å². The van der Waals surface area contributed by atoms with E-state index in [0.717, 1.165) is 33.8 Å². The van der Waals surface area contributed by atoms with Crippen molar-refractivity contribution in [2.45, 2.75) is 37.8 Å². The number of amides is 1. The second-order valence-corrected chi connectivity index (χ2v) is 8.30. The van der Waals surface area contributed by atoms with Gasteiger partial charge in [-0.05, 0) is 50.6 Å². The summed E-state index contributed by atoms with van der Waals surface area (Å²) >= 11 is 1.39. The number of hydrogen-bond acceptors (Lipinski definition) is 5. The summed E-state index contributed by atoms with van der Waals surface area (Å²) in [6.45, 7) is 7.00. The number of benzene rings is 2. The molecular weight excluding hydrogens is 382 g/mol. The van der Waals surface area contributed by atoms with Crippen LogP contribution in [0, 0.1) is 6.92 Å². The molecule has 0 N–H and O–H groups in total. The lowest BCUT2D eigenvalue weighted by atomic mass is 10.0. The second kappa shape index (κ2) is 8.25. The van der Waals surface area contributed by atoms with E-state index in [-0.39, 0.29) is 11.2 Å². The number of ether oxygens (including phenoxy) is 1. The molecule has 0 unspecified atom stereocenters. The van der Waals surface area contributed by atoms with E-state index in [2.05, 4.69) is 4.98 Å². The van der Waals surface area contributed by atoms with Crippen molar-refractivity contribution in [1.82, 2.24) is 9.97 Å². The molecule has 1 atom stereocenters. The van der Waals surface area contributed by atoms with Gasteiger partial charge in [0.25, 0.3) is 0 Å². The average molecular weight is 406 g/mol. The molecule has 1 aromatic heterocycles. The Kier molecular flexibility index (Phi) is 5.53. The number of rotatable bonds is 5. The molecule has 0 radical (unpaired) electrons. The fourth-order valence-corrected chi connectivity index (χ4v) is 4.22. The highest BCUT2D eigenvalue weighted by Gasteiger charge is 2.25. The van der Waals surface area contributed by atoms with E-state index in [1.807, 2.05) is 74.2 Å². The maximum Gasteiger partial charge on any atom is 0.240 e. The third-order valence-corrected chi connectivity index (χ3v) is 5.86. The molecule has 1 aliphatic rings. The minimum absolute atomic E-state index is 0.0492. The third-order valence-electron chi connectivity index (χ3n) is 4.89. The summed E-state index contributed by atoms with van der Waals surface area (Å²) in [5.74, 6) is 0.878. The molecule has 0 fully saturated rings. The summed E-state index contributed by atoms with van der Waals surface area (Å²) in [5, 5.41) is 0.296. The zero-order valence-electron chi connectivity index (χ0n) is 16.8. The number of hydrogen-bond donors (Lipinski definition) is 0. The van der Waals surface area contributed by atoms with E-state index in [4.69, 9.17) is 9.72 Å². The van der Waals surface area contributed by atoms with Gasteiger partial charge in [0.05, 0.1) is 10.9 Å². The molecule has 5 nitrogen and oxygen atoms in total. The fourth-order valence-electron chi connectivity index (χ4n) is 3.42. The van der Waals surface area contributed by atoms with Gasteiger partial charge in [-0.25, -0.2) is 9.97 Å². The first-order chi connectivity index (χ1) is 14.1. The lowest BCUT2D eigenvalue weighted by molar-refractivity contribution is -0.117. The third kappa shape index (κ3) is 3.98. The molecule has 4 rings (SSSR count). The van der Waals surface area contributed by atoms with Gasteiger partial charge >= 0.3 is 0 Å². The van der Waals surface area contributed by atoms with E-state index >= 15 is 0 Å². The molecule has 1 aliphatic heterocycles. The van der Waals surface area contributed by atoms with Crippen molar-refractivity contribution in [2.24, 2.45) is 0 Å². The fraction of sp³-hybridized carbons (Fsp3) is 0.261. The Bertz CT molecular complexity index is 1050. The number of anilines is 1. The summed E-state index contributed by atoms with van der Waals surface area (Å²) in [5.41, 5.74) is 4.86. The Morgan fingerprint density at radius 1 is 1.24 bits per heavy atom. The van der Waals surface area contributed by atoms with E-state index in [9.17, 15) is 4.79 Å². The molecule has 6 heteroatoms. The number of nitrogens with zero attached hydrogens (tertiary/aromatic N) is 3. The predicted molar refractivity (Wildman–Crippen MR) is 116 cm³/mol. The van der Waals surface area contributed by atoms with Crippen LogP contribution in [0.2, 0.25) is 0 Å². The van der Waals surface area contributed by atoms with Crippen LogP contribution in [0.4, 0.5) is 5.69 Å². The maximum absolute atomic E-state index is 13.1. The van der Waals surface area contributed by atoms with Crippen LogP contribution in [0.1, 0.15) is 25.0 Å². The van der Waals surface area contributed by atoms with Crippen LogP contribution >= 0.6 is 11.8 Å². The second-order valence-electron chi connectivity index (χ2n) is 6.99. The lowest BCUT2D eigenvalue weighted by Gasteiger charge is -2.25. The van der Waals surface area contributed by atoms with Crippen molar-refractivity contribution < 1.29 is 9.53 Å². The first kappa shape index (κ1) is 19.5. The van der Waals surface area contributed by atoms with Gasteiger partial charge in [0.2, 0.25) is 5.91 Å². The largest absolute Gasteiger partial charge is 0.488 e. The van der Waals surface area contributed by atoms with E-state index in [0.29, 0.717) is 18.3 Å². The molecule has 2 aromatic carbocycles. The van der Waals surface area contributed by atoms with Gasteiger partial charge in [0.1, 0.15) is 12.4 Å². The zero-order valence-corrected chi connectivity index (χ0v) is 17.6. The van der Waals surface area contributed by atoms with Gasteiger partial charge in [0.15, 0.2) is 5.16 Å². The first-order valence-electron chi connectivity index (χ1n) is 9.69. The highest BCUT2D eigenvalue weighted by atomic mass is 32.2. The van der Waals surface area contributed by atoms with Crippen molar-refractivity contribution >= 4 is 23.4 Å². The highest BCUT2D eigenvalue weighted by Crippen LogP contribution is 2.36. The van der Waals surface area contributed by atoms with Gasteiger partial charge < -0.3 is 9.64 Å². The average Bonchev–Trinajstić information content (AvgIpc) is 2.74. The Morgan fingerprint density at radius 2 is 2.07 bits per heavy atom. The van der Waals surface area contributed by atoms with Crippen LogP contribution in [0.25, 0.3) is 11.3 Å². The van der Waals surface area contributed by atoms with E-state index in [1.165, 1.54) is 11.8 Å². The minimum atomic E-state index is -0.302. The van der Waals surface area contributed by atoms with Crippen molar-refractivity contribution in [3.05, 3.63) is 65.9 Å². The van der Waals surface area contributed by atoms with E-state index in [1.54, 1.807) is 6.20 Å². The normalized spacial score (nSPS) is 13.1. The van der Waals surface area contributed by atoms with Crippen molar-refractivity contribution in [1.29, 1.82) is 0 Å². The molecule has 0 saturated heterocycles. The number of fused-ring (bicyclic) bond motifs is 3. The summed E-state index contributed by atoms with van der Waals surface area (Å²) in [4.78, 5) is 24.1. The molecule has 0 bridgehead atoms. The Hall–Kier alpha value is -2.86.